The van der Waals surface area contributed by atoms with Crippen LogP contribution in [0.25, 0.3) is 0 Å². The molecule has 0 heterocycles. The first-order chi connectivity index (χ1) is 10.1. The van der Waals surface area contributed by atoms with Crippen LogP contribution in [-0.4, -0.2) is 23.9 Å². The van der Waals surface area contributed by atoms with Crippen LogP contribution in [0, 0.1) is 0 Å². The summed E-state index contributed by atoms with van der Waals surface area (Å²) in [6, 6.07) is 12.6. The molecule has 1 atom stereocenters. The summed E-state index contributed by atoms with van der Waals surface area (Å²) in [5, 5.41) is 19.5. The lowest BCUT2D eigenvalue weighted by molar-refractivity contribution is 0.106. The van der Waals surface area contributed by atoms with Crippen molar-refractivity contribution in [1.29, 1.82) is 0 Å². The normalized spacial score (nSPS) is 12.0. The van der Waals surface area contributed by atoms with Gasteiger partial charge in [0.2, 0.25) is 0 Å². The number of ether oxygens (including phenoxy) is 2. The van der Waals surface area contributed by atoms with E-state index >= 15 is 0 Å². The Kier molecular flexibility index (Phi) is 5.61. The molecule has 0 aliphatic carbocycles. The number of benzene rings is 2. The molecule has 0 aliphatic heterocycles. The Hall–Kier alpha value is -1.56. The molecule has 1 unspecified atom stereocenters. The molecule has 0 aromatic heterocycles. The molecular formula is C16H17BrO4. The highest BCUT2D eigenvalue weighted by atomic mass is 79.9. The lowest BCUT2D eigenvalue weighted by Gasteiger charge is -2.15. The minimum atomic E-state index is -0.768. The molecule has 4 nitrogen and oxygen atoms in total. The van der Waals surface area contributed by atoms with E-state index in [0.29, 0.717) is 17.1 Å². The van der Waals surface area contributed by atoms with E-state index in [2.05, 4.69) is 15.9 Å². The summed E-state index contributed by atoms with van der Waals surface area (Å²) in [4.78, 5) is 0. The maximum Gasteiger partial charge on any atom is 0.125 e. The highest BCUT2D eigenvalue weighted by molar-refractivity contribution is 9.10. The van der Waals surface area contributed by atoms with E-state index in [1.165, 1.54) is 0 Å². The molecular weight excluding hydrogens is 336 g/mol. The van der Waals surface area contributed by atoms with Crippen molar-refractivity contribution in [2.24, 2.45) is 0 Å². The molecule has 0 saturated heterocycles. The fourth-order valence-electron chi connectivity index (χ4n) is 1.93. The van der Waals surface area contributed by atoms with Gasteiger partial charge in [-0.2, -0.15) is 0 Å². The minimum absolute atomic E-state index is 0.0990. The molecule has 0 spiro atoms. The molecule has 0 amide bonds. The van der Waals surface area contributed by atoms with E-state index in [1.807, 2.05) is 24.3 Å². The van der Waals surface area contributed by atoms with Crippen LogP contribution in [0.3, 0.4) is 0 Å². The summed E-state index contributed by atoms with van der Waals surface area (Å²) in [5.74, 6) is 1.24. The predicted octanol–water partition coefficient (Wildman–Crippen LogP) is 3.06. The Morgan fingerprint density at radius 1 is 1.19 bits per heavy atom. The molecule has 2 aromatic carbocycles. The first kappa shape index (κ1) is 15.8. The molecule has 0 radical (unpaired) electrons. The van der Waals surface area contributed by atoms with Crippen LogP contribution < -0.4 is 9.47 Å². The van der Waals surface area contributed by atoms with Gasteiger partial charge in [-0.05, 0) is 35.9 Å². The molecule has 0 bridgehead atoms. The van der Waals surface area contributed by atoms with Crippen LogP contribution in [0.2, 0.25) is 0 Å². The fourth-order valence-corrected chi connectivity index (χ4v) is 2.33. The SMILES string of the molecule is COc1cccc(C(O)COc2ccc(Br)cc2CO)c1. The molecule has 5 heteroatoms. The summed E-state index contributed by atoms with van der Waals surface area (Å²) in [6.07, 6.45) is -0.768. The third-order valence-corrected chi connectivity index (χ3v) is 3.56. The van der Waals surface area contributed by atoms with E-state index in [0.717, 1.165) is 10.0 Å². The van der Waals surface area contributed by atoms with Crippen LogP contribution in [0.1, 0.15) is 17.2 Å². The van der Waals surface area contributed by atoms with Gasteiger partial charge >= 0.3 is 0 Å². The van der Waals surface area contributed by atoms with Gasteiger partial charge in [0.1, 0.15) is 24.2 Å². The molecule has 112 valence electrons. The number of rotatable bonds is 6. The van der Waals surface area contributed by atoms with Crippen molar-refractivity contribution in [3.8, 4) is 11.5 Å². The van der Waals surface area contributed by atoms with Gasteiger partial charge in [-0.3, -0.25) is 0 Å². The second kappa shape index (κ2) is 7.45. The monoisotopic (exact) mass is 352 g/mol. The molecule has 0 fully saturated rings. The van der Waals surface area contributed by atoms with Crippen molar-refractivity contribution in [1.82, 2.24) is 0 Å². The zero-order chi connectivity index (χ0) is 15.2. The van der Waals surface area contributed by atoms with Crippen molar-refractivity contribution in [3.63, 3.8) is 0 Å². The standard InChI is InChI=1S/C16H17BrO4/c1-20-14-4-2-3-11(8-14)15(19)10-21-16-6-5-13(17)7-12(16)9-18/h2-8,15,18-19H,9-10H2,1H3. The number of aliphatic hydroxyl groups is 2. The van der Waals surface area contributed by atoms with Crippen molar-refractivity contribution < 1.29 is 19.7 Å². The highest BCUT2D eigenvalue weighted by Gasteiger charge is 2.11. The van der Waals surface area contributed by atoms with E-state index < -0.39 is 6.10 Å². The molecule has 2 aromatic rings. The Morgan fingerprint density at radius 3 is 2.71 bits per heavy atom. The van der Waals surface area contributed by atoms with Gasteiger partial charge in [-0.15, -0.1) is 0 Å². The van der Waals surface area contributed by atoms with Crippen LogP contribution >= 0.6 is 15.9 Å². The Bertz CT molecular complexity index is 601. The van der Waals surface area contributed by atoms with E-state index in [4.69, 9.17) is 9.47 Å². The van der Waals surface area contributed by atoms with Crippen molar-refractivity contribution >= 4 is 15.9 Å². The zero-order valence-corrected chi connectivity index (χ0v) is 13.2. The van der Waals surface area contributed by atoms with Crippen molar-refractivity contribution in [3.05, 3.63) is 58.1 Å². The van der Waals surface area contributed by atoms with E-state index in [9.17, 15) is 10.2 Å². The molecule has 2 rings (SSSR count). The van der Waals surface area contributed by atoms with Gasteiger partial charge in [0.25, 0.3) is 0 Å². The Morgan fingerprint density at radius 2 is 2.00 bits per heavy atom. The zero-order valence-electron chi connectivity index (χ0n) is 11.6. The summed E-state index contributed by atoms with van der Waals surface area (Å²) in [6.45, 7) is -0.0220. The quantitative estimate of drug-likeness (QED) is 0.838. The Balaban J connectivity index is 2.05. The molecule has 2 N–H and O–H groups in total. The first-order valence-corrected chi connectivity index (χ1v) is 7.27. The van der Waals surface area contributed by atoms with Crippen molar-refractivity contribution in [2.75, 3.05) is 13.7 Å². The summed E-state index contributed by atoms with van der Waals surface area (Å²) >= 11 is 3.34. The number of methoxy groups -OCH3 is 1. The first-order valence-electron chi connectivity index (χ1n) is 6.48. The van der Waals surface area contributed by atoms with Crippen molar-refractivity contribution in [2.45, 2.75) is 12.7 Å². The lowest BCUT2D eigenvalue weighted by atomic mass is 10.1. The molecule has 21 heavy (non-hydrogen) atoms. The van der Waals surface area contributed by atoms with Gasteiger partial charge in [0, 0.05) is 10.0 Å². The molecule has 0 saturated carbocycles. The lowest BCUT2D eigenvalue weighted by Crippen LogP contribution is -2.10. The topological polar surface area (TPSA) is 58.9 Å². The largest absolute Gasteiger partial charge is 0.497 e. The second-order valence-electron chi connectivity index (χ2n) is 4.51. The minimum Gasteiger partial charge on any atom is -0.497 e. The van der Waals surface area contributed by atoms with Gasteiger partial charge in [0.15, 0.2) is 0 Å². The van der Waals surface area contributed by atoms with Crippen LogP contribution in [-0.2, 0) is 6.61 Å². The number of hydrogen-bond acceptors (Lipinski definition) is 4. The highest BCUT2D eigenvalue weighted by Crippen LogP contribution is 2.25. The average molecular weight is 353 g/mol. The van der Waals surface area contributed by atoms with Crippen LogP contribution in [0.15, 0.2) is 46.9 Å². The summed E-state index contributed by atoms with van der Waals surface area (Å²) < 4.78 is 11.6. The van der Waals surface area contributed by atoms with Crippen LogP contribution in [0.5, 0.6) is 11.5 Å². The summed E-state index contributed by atoms with van der Waals surface area (Å²) in [5.41, 5.74) is 1.39. The number of halogens is 1. The molecule has 0 aliphatic rings. The van der Waals surface area contributed by atoms with Crippen LogP contribution in [0.4, 0.5) is 0 Å². The maximum atomic E-state index is 10.2. The number of hydrogen-bond donors (Lipinski definition) is 2. The number of aliphatic hydroxyl groups excluding tert-OH is 2. The third-order valence-electron chi connectivity index (χ3n) is 3.07. The van der Waals surface area contributed by atoms with Gasteiger partial charge < -0.3 is 19.7 Å². The van der Waals surface area contributed by atoms with Gasteiger partial charge in [-0.1, -0.05) is 28.1 Å². The third kappa shape index (κ3) is 4.20. The van der Waals surface area contributed by atoms with E-state index in [1.54, 1.807) is 25.3 Å². The average Bonchev–Trinajstić information content (AvgIpc) is 2.53. The predicted molar refractivity (Wildman–Crippen MR) is 83.5 cm³/mol. The van der Waals surface area contributed by atoms with Gasteiger partial charge in [0.05, 0.1) is 13.7 Å². The maximum absolute atomic E-state index is 10.2. The second-order valence-corrected chi connectivity index (χ2v) is 5.43. The van der Waals surface area contributed by atoms with E-state index in [-0.39, 0.29) is 13.2 Å². The Labute approximate surface area is 132 Å². The summed E-state index contributed by atoms with van der Waals surface area (Å²) in [7, 11) is 1.58. The fraction of sp³-hybridized carbons (Fsp3) is 0.250. The smallest absolute Gasteiger partial charge is 0.125 e. The van der Waals surface area contributed by atoms with Gasteiger partial charge in [-0.25, -0.2) is 0 Å².